The van der Waals surface area contributed by atoms with E-state index in [2.05, 4.69) is 30.1 Å². The lowest BCUT2D eigenvalue weighted by atomic mass is 10.1. The standard InChI is InChI=1S/C10H14N6OS/c1-6(2)8-9(18-16-15-8)10(17)11-4-3-7-12-5-13-14-7/h5-6H,3-4H2,1-2H3,(H,11,17)(H,12,13,14). The lowest BCUT2D eigenvalue weighted by molar-refractivity contribution is 0.0956. The van der Waals surface area contributed by atoms with Gasteiger partial charge in [0, 0.05) is 13.0 Å². The van der Waals surface area contributed by atoms with Gasteiger partial charge in [0.25, 0.3) is 5.91 Å². The first-order valence-electron chi connectivity index (χ1n) is 5.63. The van der Waals surface area contributed by atoms with Crippen LogP contribution in [-0.4, -0.2) is 37.2 Å². The maximum Gasteiger partial charge on any atom is 0.264 e. The molecular weight excluding hydrogens is 252 g/mol. The smallest absolute Gasteiger partial charge is 0.264 e. The van der Waals surface area contributed by atoms with Gasteiger partial charge in [-0.25, -0.2) is 4.98 Å². The molecule has 0 saturated carbocycles. The van der Waals surface area contributed by atoms with Crippen molar-refractivity contribution in [3.05, 3.63) is 22.7 Å². The van der Waals surface area contributed by atoms with Crippen molar-refractivity contribution in [2.24, 2.45) is 0 Å². The van der Waals surface area contributed by atoms with Crippen molar-refractivity contribution in [3.63, 3.8) is 0 Å². The van der Waals surface area contributed by atoms with Crippen molar-refractivity contribution in [1.29, 1.82) is 0 Å². The van der Waals surface area contributed by atoms with Crippen molar-refractivity contribution in [1.82, 2.24) is 30.1 Å². The number of aromatic amines is 1. The van der Waals surface area contributed by atoms with Crippen LogP contribution in [0.25, 0.3) is 0 Å². The second-order valence-electron chi connectivity index (χ2n) is 4.08. The summed E-state index contributed by atoms with van der Waals surface area (Å²) < 4.78 is 3.82. The molecule has 0 aliphatic carbocycles. The fourth-order valence-electron chi connectivity index (χ4n) is 1.46. The summed E-state index contributed by atoms with van der Waals surface area (Å²) in [4.78, 5) is 16.5. The predicted octanol–water partition coefficient (Wildman–Crippen LogP) is 0.752. The number of hydrogen-bond acceptors (Lipinski definition) is 6. The van der Waals surface area contributed by atoms with Crippen LogP contribution in [0, 0.1) is 0 Å². The number of rotatable bonds is 5. The van der Waals surface area contributed by atoms with E-state index in [0.29, 0.717) is 17.8 Å². The first kappa shape index (κ1) is 12.6. The molecule has 0 spiro atoms. The predicted molar refractivity (Wildman–Crippen MR) is 66.4 cm³/mol. The van der Waals surface area contributed by atoms with Gasteiger partial charge in [-0.05, 0) is 17.5 Å². The topological polar surface area (TPSA) is 96.5 Å². The van der Waals surface area contributed by atoms with E-state index in [1.165, 1.54) is 6.33 Å². The summed E-state index contributed by atoms with van der Waals surface area (Å²) in [6.45, 7) is 4.48. The molecular formula is C10H14N6OS. The molecule has 0 unspecified atom stereocenters. The summed E-state index contributed by atoms with van der Waals surface area (Å²) in [6.07, 6.45) is 2.07. The second-order valence-corrected chi connectivity index (χ2v) is 4.83. The Morgan fingerprint density at radius 3 is 3.06 bits per heavy atom. The Morgan fingerprint density at radius 2 is 2.39 bits per heavy atom. The zero-order chi connectivity index (χ0) is 13.0. The van der Waals surface area contributed by atoms with Gasteiger partial charge in [-0.1, -0.05) is 18.3 Å². The fraction of sp³-hybridized carbons (Fsp3) is 0.500. The van der Waals surface area contributed by atoms with E-state index in [9.17, 15) is 4.79 Å². The van der Waals surface area contributed by atoms with Crippen molar-refractivity contribution >= 4 is 17.4 Å². The van der Waals surface area contributed by atoms with E-state index in [-0.39, 0.29) is 11.8 Å². The minimum Gasteiger partial charge on any atom is -0.351 e. The molecule has 0 atom stereocenters. The first-order valence-corrected chi connectivity index (χ1v) is 6.40. The number of aromatic nitrogens is 5. The molecule has 0 saturated heterocycles. The summed E-state index contributed by atoms with van der Waals surface area (Å²) >= 11 is 1.12. The number of H-pyrrole nitrogens is 1. The summed E-state index contributed by atoms with van der Waals surface area (Å²) in [6, 6.07) is 0. The van der Waals surface area contributed by atoms with Gasteiger partial charge >= 0.3 is 0 Å². The van der Waals surface area contributed by atoms with Crippen LogP contribution in [0.2, 0.25) is 0 Å². The van der Waals surface area contributed by atoms with Crippen molar-refractivity contribution in [2.45, 2.75) is 26.2 Å². The quantitative estimate of drug-likeness (QED) is 0.832. The van der Waals surface area contributed by atoms with Gasteiger partial charge in [-0.2, -0.15) is 5.10 Å². The van der Waals surface area contributed by atoms with Gasteiger partial charge < -0.3 is 5.32 Å². The molecule has 2 N–H and O–H groups in total. The second kappa shape index (κ2) is 5.67. The number of carbonyl (C=O) groups is 1. The third-order valence-electron chi connectivity index (χ3n) is 2.38. The van der Waals surface area contributed by atoms with Gasteiger partial charge in [0.2, 0.25) is 0 Å². The van der Waals surface area contributed by atoms with E-state index in [0.717, 1.165) is 23.1 Å². The molecule has 18 heavy (non-hydrogen) atoms. The molecule has 0 aliphatic rings. The van der Waals surface area contributed by atoms with Crippen LogP contribution >= 0.6 is 11.5 Å². The van der Waals surface area contributed by atoms with E-state index >= 15 is 0 Å². The molecule has 96 valence electrons. The monoisotopic (exact) mass is 266 g/mol. The van der Waals surface area contributed by atoms with Gasteiger partial charge in [0.15, 0.2) is 0 Å². The lowest BCUT2D eigenvalue weighted by Gasteiger charge is -2.04. The van der Waals surface area contributed by atoms with Crippen LogP contribution in [-0.2, 0) is 6.42 Å². The van der Waals surface area contributed by atoms with Crippen LogP contribution in [0.4, 0.5) is 0 Å². The highest BCUT2D eigenvalue weighted by molar-refractivity contribution is 7.08. The Kier molecular flexibility index (Phi) is 3.98. The van der Waals surface area contributed by atoms with Gasteiger partial charge in [0.05, 0.1) is 5.69 Å². The fourth-order valence-corrected chi connectivity index (χ4v) is 2.19. The molecule has 1 amide bonds. The van der Waals surface area contributed by atoms with E-state index in [1.54, 1.807) is 0 Å². The van der Waals surface area contributed by atoms with Gasteiger partial charge in [-0.15, -0.1) is 5.10 Å². The normalized spacial score (nSPS) is 10.8. The Hall–Kier alpha value is -1.83. The molecule has 0 radical (unpaired) electrons. The van der Waals surface area contributed by atoms with Crippen LogP contribution in [0.5, 0.6) is 0 Å². The Morgan fingerprint density at radius 1 is 1.56 bits per heavy atom. The maximum absolute atomic E-state index is 11.9. The highest BCUT2D eigenvalue weighted by Crippen LogP contribution is 2.19. The number of amides is 1. The highest BCUT2D eigenvalue weighted by Gasteiger charge is 2.18. The van der Waals surface area contributed by atoms with Gasteiger partial charge in [0.1, 0.15) is 17.0 Å². The van der Waals surface area contributed by atoms with Crippen LogP contribution in [0.1, 0.15) is 41.0 Å². The average molecular weight is 266 g/mol. The summed E-state index contributed by atoms with van der Waals surface area (Å²) in [5.41, 5.74) is 0.747. The molecule has 0 aliphatic heterocycles. The zero-order valence-corrected chi connectivity index (χ0v) is 11.0. The van der Waals surface area contributed by atoms with Crippen LogP contribution in [0.3, 0.4) is 0 Å². The molecule has 8 heteroatoms. The molecule has 0 fully saturated rings. The molecule has 2 aromatic rings. The minimum atomic E-state index is -0.131. The SMILES string of the molecule is CC(C)c1nnsc1C(=O)NCCc1ncn[nH]1. The number of nitrogens with zero attached hydrogens (tertiary/aromatic N) is 4. The molecule has 0 bridgehead atoms. The van der Waals surface area contributed by atoms with E-state index < -0.39 is 0 Å². The lowest BCUT2D eigenvalue weighted by Crippen LogP contribution is -2.26. The maximum atomic E-state index is 11.9. The minimum absolute atomic E-state index is 0.131. The van der Waals surface area contributed by atoms with Crippen LogP contribution < -0.4 is 5.32 Å². The van der Waals surface area contributed by atoms with Gasteiger partial charge in [-0.3, -0.25) is 9.89 Å². The Bertz CT molecular complexity index is 506. The molecule has 0 aromatic carbocycles. The number of nitrogens with one attached hydrogen (secondary N) is 2. The third kappa shape index (κ3) is 2.89. The summed E-state index contributed by atoms with van der Waals surface area (Å²) in [5, 5.41) is 13.3. The van der Waals surface area contributed by atoms with Crippen molar-refractivity contribution < 1.29 is 4.79 Å². The number of carbonyl (C=O) groups excluding carboxylic acids is 1. The van der Waals surface area contributed by atoms with Crippen molar-refractivity contribution in [3.8, 4) is 0 Å². The number of hydrogen-bond donors (Lipinski definition) is 2. The Labute approximate surface area is 108 Å². The molecule has 2 aromatic heterocycles. The highest BCUT2D eigenvalue weighted by atomic mass is 32.1. The van der Waals surface area contributed by atoms with Crippen LogP contribution in [0.15, 0.2) is 6.33 Å². The first-order chi connectivity index (χ1) is 8.68. The Balaban J connectivity index is 1.89. The third-order valence-corrected chi connectivity index (χ3v) is 3.12. The molecule has 2 rings (SSSR count). The average Bonchev–Trinajstić information content (AvgIpc) is 2.99. The van der Waals surface area contributed by atoms with E-state index in [4.69, 9.17) is 0 Å². The molecule has 2 heterocycles. The summed E-state index contributed by atoms with van der Waals surface area (Å²) in [5.74, 6) is 0.814. The summed E-state index contributed by atoms with van der Waals surface area (Å²) in [7, 11) is 0. The largest absolute Gasteiger partial charge is 0.351 e. The zero-order valence-electron chi connectivity index (χ0n) is 10.2. The molecule has 7 nitrogen and oxygen atoms in total. The van der Waals surface area contributed by atoms with E-state index in [1.807, 2.05) is 13.8 Å². The van der Waals surface area contributed by atoms with Crippen molar-refractivity contribution in [2.75, 3.05) is 6.54 Å².